The van der Waals surface area contributed by atoms with Crippen molar-refractivity contribution in [1.29, 1.82) is 5.26 Å². The highest BCUT2D eigenvalue weighted by molar-refractivity contribution is 9.10. The quantitative estimate of drug-likeness (QED) is 0.819. The number of hydrogen-bond acceptors (Lipinski definition) is 2. The molecule has 0 fully saturated rings. The van der Waals surface area contributed by atoms with Crippen LogP contribution in [0.4, 0.5) is 0 Å². The van der Waals surface area contributed by atoms with Gasteiger partial charge in [-0.15, -0.1) is 0 Å². The summed E-state index contributed by atoms with van der Waals surface area (Å²) in [5.74, 6) is 1.33. The smallest absolute Gasteiger partial charge is 0.146 e. The Labute approximate surface area is 109 Å². The van der Waals surface area contributed by atoms with Gasteiger partial charge in [-0.2, -0.15) is 5.26 Å². The van der Waals surface area contributed by atoms with Gasteiger partial charge in [-0.25, -0.2) is 0 Å². The number of ether oxygens (including phenoxy) is 1. The first-order valence-electron chi connectivity index (χ1n) is 5.14. The van der Waals surface area contributed by atoms with Crippen molar-refractivity contribution in [3.05, 3.63) is 58.1 Å². The summed E-state index contributed by atoms with van der Waals surface area (Å²) in [6.45, 7) is 1.97. The lowest BCUT2D eigenvalue weighted by atomic mass is 10.2. The van der Waals surface area contributed by atoms with Crippen LogP contribution in [0, 0.1) is 18.3 Å². The van der Waals surface area contributed by atoms with E-state index >= 15 is 0 Å². The number of halogens is 1. The average molecular weight is 288 g/mol. The minimum Gasteiger partial charge on any atom is -0.456 e. The largest absolute Gasteiger partial charge is 0.456 e. The van der Waals surface area contributed by atoms with Gasteiger partial charge < -0.3 is 4.74 Å². The lowest BCUT2D eigenvalue weighted by Gasteiger charge is -2.09. The summed E-state index contributed by atoms with van der Waals surface area (Å²) >= 11 is 3.37. The van der Waals surface area contributed by atoms with E-state index in [1.54, 1.807) is 12.1 Å². The highest BCUT2D eigenvalue weighted by Crippen LogP contribution is 2.29. The standard InChI is InChI=1S/C14H10BrNO/c1-10-4-2-3-5-13(10)17-14-8-12(15)7-6-11(14)9-16/h2-8H,1H3. The van der Waals surface area contributed by atoms with Gasteiger partial charge in [0.05, 0.1) is 5.56 Å². The van der Waals surface area contributed by atoms with Crippen molar-refractivity contribution in [2.75, 3.05) is 0 Å². The van der Waals surface area contributed by atoms with E-state index in [2.05, 4.69) is 22.0 Å². The molecule has 0 spiro atoms. The molecule has 0 N–H and O–H groups in total. The first-order chi connectivity index (χ1) is 8.20. The third kappa shape index (κ3) is 2.66. The summed E-state index contributed by atoms with van der Waals surface area (Å²) in [5.41, 5.74) is 1.56. The number of para-hydroxylation sites is 1. The minimum absolute atomic E-state index is 0.524. The summed E-state index contributed by atoms with van der Waals surface area (Å²) < 4.78 is 6.65. The van der Waals surface area contributed by atoms with Gasteiger partial charge in [-0.05, 0) is 36.8 Å². The zero-order valence-electron chi connectivity index (χ0n) is 9.27. The number of rotatable bonds is 2. The average Bonchev–Trinajstić information content (AvgIpc) is 2.32. The molecule has 0 aliphatic heterocycles. The van der Waals surface area contributed by atoms with Gasteiger partial charge in [0.2, 0.25) is 0 Å². The molecule has 0 heterocycles. The van der Waals surface area contributed by atoms with Crippen molar-refractivity contribution >= 4 is 15.9 Å². The molecule has 0 amide bonds. The zero-order valence-corrected chi connectivity index (χ0v) is 10.9. The Morgan fingerprint density at radius 3 is 2.59 bits per heavy atom. The first kappa shape index (κ1) is 11.7. The Morgan fingerprint density at radius 1 is 1.12 bits per heavy atom. The van der Waals surface area contributed by atoms with Crippen molar-refractivity contribution in [2.45, 2.75) is 6.92 Å². The second-order valence-electron chi connectivity index (χ2n) is 3.62. The van der Waals surface area contributed by atoms with Gasteiger partial charge in [0.15, 0.2) is 0 Å². The maximum atomic E-state index is 9.01. The number of nitrogens with zero attached hydrogens (tertiary/aromatic N) is 1. The third-order valence-electron chi connectivity index (χ3n) is 2.38. The summed E-state index contributed by atoms with van der Waals surface area (Å²) in [5, 5.41) is 9.01. The van der Waals surface area contributed by atoms with Gasteiger partial charge in [-0.3, -0.25) is 0 Å². The van der Waals surface area contributed by atoms with E-state index in [1.807, 2.05) is 37.3 Å². The van der Waals surface area contributed by atoms with Gasteiger partial charge >= 0.3 is 0 Å². The molecule has 2 aromatic rings. The van der Waals surface area contributed by atoms with E-state index in [-0.39, 0.29) is 0 Å². The summed E-state index contributed by atoms with van der Waals surface area (Å²) in [4.78, 5) is 0. The van der Waals surface area contributed by atoms with E-state index in [1.165, 1.54) is 0 Å². The van der Waals surface area contributed by atoms with Crippen molar-refractivity contribution in [3.8, 4) is 17.6 Å². The molecule has 3 heteroatoms. The fraction of sp³-hybridized carbons (Fsp3) is 0.0714. The van der Waals surface area contributed by atoms with Gasteiger partial charge in [0, 0.05) is 4.47 Å². The van der Waals surface area contributed by atoms with Crippen molar-refractivity contribution < 1.29 is 4.74 Å². The monoisotopic (exact) mass is 287 g/mol. The number of benzene rings is 2. The first-order valence-corrected chi connectivity index (χ1v) is 5.93. The molecule has 2 aromatic carbocycles. The molecule has 0 unspecified atom stereocenters. The minimum atomic E-state index is 0.524. The summed E-state index contributed by atoms with van der Waals surface area (Å²) in [7, 11) is 0. The zero-order chi connectivity index (χ0) is 12.3. The van der Waals surface area contributed by atoms with Crippen molar-refractivity contribution in [2.24, 2.45) is 0 Å². The molecule has 0 bridgehead atoms. The summed E-state index contributed by atoms with van der Waals surface area (Å²) in [6.07, 6.45) is 0. The molecule has 0 aromatic heterocycles. The normalized spacial score (nSPS) is 9.71. The molecule has 2 nitrogen and oxygen atoms in total. The Kier molecular flexibility index (Phi) is 3.46. The number of hydrogen-bond donors (Lipinski definition) is 0. The SMILES string of the molecule is Cc1ccccc1Oc1cc(Br)ccc1C#N. The van der Waals surface area contributed by atoms with Crippen LogP contribution in [0.1, 0.15) is 11.1 Å². The fourth-order valence-electron chi connectivity index (χ4n) is 1.46. The lowest BCUT2D eigenvalue weighted by Crippen LogP contribution is -1.90. The molecule has 0 atom stereocenters. The van der Waals surface area contributed by atoms with Crippen LogP contribution in [0.5, 0.6) is 11.5 Å². The van der Waals surface area contributed by atoms with Crippen molar-refractivity contribution in [1.82, 2.24) is 0 Å². The molecule has 0 saturated carbocycles. The van der Waals surface area contributed by atoms with Crippen LogP contribution in [0.15, 0.2) is 46.9 Å². The van der Waals surface area contributed by atoms with Crippen LogP contribution < -0.4 is 4.74 Å². The van der Waals surface area contributed by atoms with Crippen LogP contribution in [0.25, 0.3) is 0 Å². The van der Waals surface area contributed by atoms with E-state index in [0.717, 1.165) is 15.8 Å². The number of aryl methyl sites for hydroxylation is 1. The molecular weight excluding hydrogens is 278 g/mol. The topological polar surface area (TPSA) is 33.0 Å². The number of nitriles is 1. The van der Waals surface area contributed by atoms with E-state index in [9.17, 15) is 0 Å². The van der Waals surface area contributed by atoms with E-state index in [4.69, 9.17) is 10.00 Å². The Bertz CT molecular complexity index is 587. The highest BCUT2D eigenvalue weighted by atomic mass is 79.9. The van der Waals surface area contributed by atoms with E-state index in [0.29, 0.717) is 11.3 Å². The fourth-order valence-corrected chi connectivity index (χ4v) is 1.80. The molecule has 2 rings (SSSR count). The molecule has 0 saturated heterocycles. The Balaban J connectivity index is 2.40. The van der Waals surface area contributed by atoms with Crippen LogP contribution in [0.3, 0.4) is 0 Å². The van der Waals surface area contributed by atoms with Gasteiger partial charge in [-0.1, -0.05) is 34.1 Å². The van der Waals surface area contributed by atoms with Crippen LogP contribution >= 0.6 is 15.9 Å². The molecule has 17 heavy (non-hydrogen) atoms. The highest BCUT2D eigenvalue weighted by Gasteiger charge is 2.06. The lowest BCUT2D eigenvalue weighted by molar-refractivity contribution is 0.477. The summed E-state index contributed by atoms with van der Waals surface area (Å²) in [6, 6.07) is 15.2. The predicted molar refractivity (Wildman–Crippen MR) is 70.1 cm³/mol. The van der Waals surface area contributed by atoms with E-state index < -0.39 is 0 Å². The second-order valence-corrected chi connectivity index (χ2v) is 4.54. The maximum Gasteiger partial charge on any atom is 0.146 e. The van der Waals surface area contributed by atoms with Crippen LogP contribution in [-0.2, 0) is 0 Å². The predicted octanol–water partition coefficient (Wildman–Crippen LogP) is 4.42. The molecule has 0 radical (unpaired) electrons. The maximum absolute atomic E-state index is 9.01. The second kappa shape index (κ2) is 5.03. The van der Waals surface area contributed by atoms with Crippen LogP contribution in [0.2, 0.25) is 0 Å². The molecule has 0 aliphatic carbocycles. The van der Waals surface area contributed by atoms with Gasteiger partial charge in [0.25, 0.3) is 0 Å². The Morgan fingerprint density at radius 2 is 1.88 bits per heavy atom. The molecular formula is C14H10BrNO. The molecule has 84 valence electrons. The third-order valence-corrected chi connectivity index (χ3v) is 2.87. The van der Waals surface area contributed by atoms with Gasteiger partial charge in [0.1, 0.15) is 17.6 Å². The van der Waals surface area contributed by atoms with Crippen molar-refractivity contribution in [3.63, 3.8) is 0 Å². The Hall–Kier alpha value is -1.79. The molecule has 0 aliphatic rings. The van der Waals surface area contributed by atoms with Crippen LogP contribution in [-0.4, -0.2) is 0 Å².